The van der Waals surface area contributed by atoms with E-state index < -0.39 is 0 Å². The molecule has 0 unspecified atom stereocenters. The topological polar surface area (TPSA) is 23.5 Å². The van der Waals surface area contributed by atoms with Crippen molar-refractivity contribution in [3.8, 4) is 0 Å². The maximum absolute atomic E-state index is 9.82. The lowest BCUT2D eigenvalue weighted by Crippen LogP contribution is -2.42. The molecule has 0 aliphatic heterocycles. The number of aliphatic hydroxyl groups is 1. The lowest BCUT2D eigenvalue weighted by molar-refractivity contribution is 0.0655. The highest BCUT2D eigenvalue weighted by atomic mass is 16.3. The highest BCUT2D eigenvalue weighted by Gasteiger charge is 2.38. The summed E-state index contributed by atoms with van der Waals surface area (Å²) in [7, 11) is 0. The van der Waals surface area contributed by atoms with E-state index in [-0.39, 0.29) is 6.10 Å². The van der Waals surface area contributed by atoms with Gasteiger partial charge in [0.25, 0.3) is 0 Å². The Hall–Kier alpha value is -0.0800. The SMILES string of the molecule is CCCN(C1CC1)[C@@H]1CCC[C@H]1O. The van der Waals surface area contributed by atoms with E-state index in [0.717, 1.165) is 12.5 Å². The molecular formula is C11H21NO. The van der Waals surface area contributed by atoms with Gasteiger partial charge in [-0.2, -0.15) is 0 Å². The van der Waals surface area contributed by atoms with Crippen LogP contribution < -0.4 is 0 Å². The molecule has 0 heterocycles. The first-order valence-corrected chi connectivity index (χ1v) is 5.76. The van der Waals surface area contributed by atoms with Crippen LogP contribution in [0.2, 0.25) is 0 Å². The molecule has 0 radical (unpaired) electrons. The van der Waals surface area contributed by atoms with Crippen LogP contribution in [0, 0.1) is 0 Å². The molecule has 0 amide bonds. The summed E-state index contributed by atoms with van der Waals surface area (Å²) in [4.78, 5) is 2.57. The molecule has 0 bridgehead atoms. The molecule has 76 valence electrons. The molecule has 2 heteroatoms. The van der Waals surface area contributed by atoms with Crippen molar-refractivity contribution in [3.05, 3.63) is 0 Å². The van der Waals surface area contributed by atoms with Gasteiger partial charge in [-0.15, -0.1) is 0 Å². The number of rotatable bonds is 4. The van der Waals surface area contributed by atoms with Crippen LogP contribution in [0.3, 0.4) is 0 Å². The van der Waals surface area contributed by atoms with E-state index in [0.29, 0.717) is 6.04 Å². The zero-order valence-corrected chi connectivity index (χ0v) is 8.58. The molecule has 2 rings (SSSR count). The third-order valence-corrected chi connectivity index (χ3v) is 3.37. The molecule has 2 saturated carbocycles. The third-order valence-electron chi connectivity index (χ3n) is 3.37. The van der Waals surface area contributed by atoms with Crippen molar-refractivity contribution in [2.45, 2.75) is 63.6 Å². The lowest BCUT2D eigenvalue weighted by atomic mass is 10.1. The molecule has 2 atom stereocenters. The quantitative estimate of drug-likeness (QED) is 0.718. The van der Waals surface area contributed by atoms with Gasteiger partial charge in [0.05, 0.1) is 6.10 Å². The van der Waals surface area contributed by atoms with E-state index in [1.54, 1.807) is 0 Å². The molecule has 0 aromatic carbocycles. The van der Waals surface area contributed by atoms with Gasteiger partial charge in [0.1, 0.15) is 0 Å². The molecule has 0 spiro atoms. The Bertz CT molecular complexity index is 167. The third kappa shape index (κ3) is 2.05. The molecule has 1 N–H and O–H groups in total. The predicted molar refractivity (Wildman–Crippen MR) is 53.7 cm³/mol. The minimum Gasteiger partial charge on any atom is -0.391 e. The second-order valence-corrected chi connectivity index (χ2v) is 4.53. The first kappa shape index (κ1) is 9.47. The maximum Gasteiger partial charge on any atom is 0.0695 e. The first-order chi connectivity index (χ1) is 6.33. The average molecular weight is 183 g/mol. The number of aliphatic hydroxyl groups excluding tert-OH is 1. The zero-order valence-electron chi connectivity index (χ0n) is 8.58. The van der Waals surface area contributed by atoms with Crippen molar-refractivity contribution >= 4 is 0 Å². The van der Waals surface area contributed by atoms with E-state index in [4.69, 9.17) is 0 Å². The summed E-state index contributed by atoms with van der Waals surface area (Å²) in [5, 5.41) is 9.82. The maximum atomic E-state index is 9.82. The smallest absolute Gasteiger partial charge is 0.0695 e. The normalized spacial score (nSPS) is 34.4. The molecule has 0 aromatic heterocycles. The second-order valence-electron chi connectivity index (χ2n) is 4.53. The van der Waals surface area contributed by atoms with Crippen LogP contribution in [0.4, 0.5) is 0 Å². The van der Waals surface area contributed by atoms with Gasteiger partial charge in [-0.25, -0.2) is 0 Å². The minimum atomic E-state index is -0.0350. The lowest BCUT2D eigenvalue weighted by Gasteiger charge is -2.30. The molecule has 2 fully saturated rings. The summed E-state index contributed by atoms with van der Waals surface area (Å²) in [5.74, 6) is 0. The predicted octanol–water partition coefficient (Wildman–Crippen LogP) is 1.77. The Labute approximate surface area is 80.9 Å². The van der Waals surface area contributed by atoms with Crippen molar-refractivity contribution in [1.29, 1.82) is 0 Å². The summed E-state index contributed by atoms with van der Waals surface area (Å²) in [6.45, 7) is 3.42. The summed E-state index contributed by atoms with van der Waals surface area (Å²) < 4.78 is 0. The van der Waals surface area contributed by atoms with Gasteiger partial charge < -0.3 is 5.11 Å². The molecular weight excluding hydrogens is 162 g/mol. The van der Waals surface area contributed by atoms with Crippen molar-refractivity contribution in [1.82, 2.24) is 4.90 Å². The summed E-state index contributed by atoms with van der Waals surface area (Å²) in [6.07, 6.45) is 7.38. The van der Waals surface area contributed by atoms with E-state index in [1.165, 1.54) is 38.6 Å². The Morgan fingerprint density at radius 3 is 2.46 bits per heavy atom. The average Bonchev–Trinajstić information content (AvgIpc) is 2.86. The number of hydrogen-bond donors (Lipinski definition) is 1. The number of hydrogen-bond acceptors (Lipinski definition) is 2. The zero-order chi connectivity index (χ0) is 9.26. The van der Waals surface area contributed by atoms with Gasteiger partial charge in [-0.05, 0) is 45.1 Å². The highest BCUT2D eigenvalue weighted by molar-refractivity contribution is 4.93. The van der Waals surface area contributed by atoms with Crippen LogP contribution in [-0.4, -0.2) is 34.7 Å². The van der Waals surface area contributed by atoms with Gasteiger partial charge in [0.2, 0.25) is 0 Å². The van der Waals surface area contributed by atoms with E-state index >= 15 is 0 Å². The molecule has 0 aromatic rings. The van der Waals surface area contributed by atoms with Crippen LogP contribution >= 0.6 is 0 Å². The second kappa shape index (κ2) is 3.97. The van der Waals surface area contributed by atoms with Crippen LogP contribution in [0.25, 0.3) is 0 Å². The van der Waals surface area contributed by atoms with Gasteiger partial charge in [-0.3, -0.25) is 4.90 Å². The molecule has 0 saturated heterocycles. The Balaban J connectivity index is 1.92. The molecule has 2 aliphatic carbocycles. The Morgan fingerprint density at radius 1 is 1.23 bits per heavy atom. The van der Waals surface area contributed by atoms with E-state index in [2.05, 4.69) is 11.8 Å². The fraction of sp³-hybridized carbons (Fsp3) is 1.00. The molecule has 13 heavy (non-hydrogen) atoms. The first-order valence-electron chi connectivity index (χ1n) is 5.76. The van der Waals surface area contributed by atoms with Crippen molar-refractivity contribution in [3.63, 3.8) is 0 Å². The standard InChI is InChI=1S/C11H21NO/c1-2-8-12(9-6-7-9)10-4-3-5-11(10)13/h9-11,13H,2-8H2,1H3/t10-,11-/m1/s1. The van der Waals surface area contributed by atoms with E-state index in [9.17, 15) is 5.11 Å². The van der Waals surface area contributed by atoms with Crippen molar-refractivity contribution in [2.24, 2.45) is 0 Å². The molecule has 2 nitrogen and oxygen atoms in total. The van der Waals surface area contributed by atoms with Gasteiger partial charge in [0, 0.05) is 12.1 Å². The summed E-state index contributed by atoms with van der Waals surface area (Å²) in [5.41, 5.74) is 0. The number of nitrogens with zero attached hydrogens (tertiary/aromatic N) is 1. The van der Waals surface area contributed by atoms with Gasteiger partial charge in [-0.1, -0.05) is 6.92 Å². The fourth-order valence-corrected chi connectivity index (χ4v) is 2.59. The Kier molecular flexibility index (Phi) is 2.89. The summed E-state index contributed by atoms with van der Waals surface area (Å²) >= 11 is 0. The highest BCUT2D eigenvalue weighted by Crippen LogP contribution is 2.34. The van der Waals surface area contributed by atoms with Crippen molar-refractivity contribution < 1.29 is 5.11 Å². The Morgan fingerprint density at radius 2 is 2.00 bits per heavy atom. The van der Waals surface area contributed by atoms with Crippen LogP contribution in [0.15, 0.2) is 0 Å². The largest absolute Gasteiger partial charge is 0.391 e. The van der Waals surface area contributed by atoms with E-state index in [1.807, 2.05) is 0 Å². The summed E-state index contributed by atoms with van der Waals surface area (Å²) in [6, 6.07) is 1.31. The van der Waals surface area contributed by atoms with Gasteiger partial charge >= 0.3 is 0 Å². The van der Waals surface area contributed by atoms with Crippen molar-refractivity contribution in [2.75, 3.05) is 6.54 Å². The van der Waals surface area contributed by atoms with Crippen LogP contribution in [-0.2, 0) is 0 Å². The van der Waals surface area contributed by atoms with Gasteiger partial charge in [0.15, 0.2) is 0 Å². The minimum absolute atomic E-state index is 0.0350. The van der Waals surface area contributed by atoms with Crippen LogP contribution in [0.1, 0.15) is 45.4 Å². The fourth-order valence-electron chi connectivity index (χ4n) is 2.59. The monoisotopic (exact) mass is 183 g/mol. The van der Waals surface area contributed by atoms with Crippen LogP contribution in [0.5, 0.6) is 0 Å². The molecule has 2 aliphatic rings.